The minimum absolute atomic E-state index is 0.176. The normalized spacial score (nSPS) is 12.8. The largest absolute Gasteiger partial charge is 0.468 e. The van der Waals surface area contributed by atoms with E-state index < -0.39 is 0 Å². The van der Waals surface area contributed by atoms with Gasteiger partial charge < -0.3 is 9.73 Å². The van der Waals surface area contributed by atoms with Crippen LogP contribution in [0.15, 0.2) is 34.4 Å². The third-order valence-electron chi connectivity index (χ3n) is 1.57. The third kappa shape index (κ3) is 2.72. The Morgan fingerprint density at radius 3 is 3.08 bits per heavy atom. The first-order valence-corrected chi connectivity index (χ1v) is 4.18. The molecule has 0 amide bonds. The third-order valence-corrected chi connectivity index (χ3v) is 1.70. The van der Waals surface area contributed by atoms with Crippen LogP contribution in [0.25, 0.3) is 0 Å². The van der Waals surface area contributed by atoms with Crippen molar-refractivity contribution in [3.8, 4) is 0 Å². The average molecular weight is 186 g/mol. The molecule has 12 heavy (non-hydrogen) atoms. The molecule has 0 saturated heterocycles. The molecule has 1 atom stereocenters. The summed E-state index contributed by atoms with van der Waals surface area (Å²) >= 11 is 5.60. The topological polar surface area (TPSA) is 25.2 Å². The molecule has 0 unspecified atom stereocenters. The van der Waals surface area contributed by atoms with E-state index in [1.54, 1.807) is 6.26 Å². The van der Waals surface area contributed by atoms with Gasteiger partial charge in [-0.25, -0.2) is 0 Å². The molecule has 3 heteroatoms. The first-order valence-electron chi connectivity index (χ1n) is 3.80. The van der Waals surface area contributed by atoms with Crippen molar-refractivity contribution in [3.63, 3.8) is 0 Å². The fraction of sp³-hybridized carbons (Fsp3) is 0.333. The Balaban J connectivity index is 2.39. The summed E-state index contributed by atoms with van der Waals surface area (Å²) in [5, 5.41) is 3.76. The number of furan rings is 1. The number of hydrogen-bond acceptors (Lipinski definition) is 2. The number of halogens is 1. The Labute approximate surface area is 77.2 Å². The van der Waals surface area contributed by atoms with Crippen molar-refractivity contribution < 1.29 is 4.42 Å². The maximum atomic E-state index is 5.60. The lowest BCUT2D eigenvalue weighted by molar-refractivity contribution is 0.441. The van der Waals surface area contributed by atoms with Crippen molar-refractivity contribution in [1.82, 2.24) is 5.32 Å². The SMILES string of the molecule is C=C(Cl)CN[C@H](C)c1ccco1. The highest BCUT2D eigenvalue weighted by atomic mass is 35.5. The first-order chi connectivity index (χ1) is 5.70. The molecule has 0 bridgehead atoms. The Morgan fingerprint density at radius 2 is 2.58 bits per heavy atom. The fourth-order valence-corrected chi connectivity index (χ4v) is 0.979. The quantitative estimate of drug-likeness (QED) is 0.781. The second-order valence-corrected chi connectivity index (χ2v) is 3.17. The minimum Gasteiger partial charge on any atom is -0.468 e. The second-order valence-electron chi connectivity index (χ2n) is 2.64. The highest BCUT2D eigenvalue weighted by Gasteiger charge is 2.06. The highest BCUT2D eigenvalue weighted by molar-refractivity contribution is 6.29. The number of rotatable bonds is 4. The molecular formula is C9H12ClNO. The molecule has 0 aliphatic rings. The van der Waals surface area contributed by atoms with Gasteiger partial charge in [-0.15, -0.1) is 0 Å². The van der Waals surface area contributed by atoms with Gasteiger partial charge >= 0.3 is 0 Å². The van der Waals surface area contributed by atoms with E-state index in [1.165, 1.54) is 0 Å². The summed E-state index contributed by atoms with van der Waals surface area (Å²) in [5.74, 6) is 0.910. The van der Waals surface area contributed by atoms with Crippen molar-refractivity contribution in [2.75, 3.05) is 6.54 Å². The standard InChI is InChI=1S/C9H12ClNO/c1-7(10)6-11-8(2)9-4-3-5-12-9/h3-5,8,11H,1,6H2,2H3/t8-/m1/s1. The Hall–Kier alpha value is -0.730. The number of nitrogens with one attached hydrogen (secondary N) is 1. The van der Waals surface area contributed by atoms with E-state index in [0.717, 1.165) is 5.76 Å². The molecule has 1 aromatic rings. The molecule has 0 radical (unpaired) electrons. The van der Waals surface area contributed by atoms with Crippen LogP contribution in [0.2, 0.25) is 0 Å². The molecule has 0 spiro atoms. The smallest absolute Gasteiger partial charge is 0.120 e. The molecule has 2 nitrogen and oxygen atoms in total. The predicted molar refractivity (Wildman–Crippen MR) is 50.1 cm³/mol. The lowest BCUT2D eigenvalue weighted by Crippen LogP contribution is -2.19. The van der Waals surface area contributed by atoms with Crippen molar-refractivity contribution in [1.29, 1.82) is 0 Å². The summed E-state index contributed by atoms with van der Waals surface area (Å²) in [7, 11) is 0. The van der Waals surface area contributed by atoms with Crippen LogP contribution in [0.5, 0.6) is 0 Å². The van der Waals surface area contributed by atoms with Crippen molar-refractivity contribution in [3.05, 3.63) is 35.8 Å². The summed E-state index contributed by atoms with van der Waals surface area (Å²) < 4.78 is 5.19. The van der Waals surface area contributed by atoms with Gasteiger partial charge in [0.25, 0.3) is 0 Å². The molecule has 1 heterocycles. The van der Waals surface area contributed by atoms with Crippen LogP contribution in [0.4, 0.5) is 0 Å². The molecule has 1 aromatic heterocycles. The molecule has 0 saturated carbocycles. The first kappa shape index (κ1) is 9.36. The number of hydrogen-bond donors (Lipinski definition) is 1. The molecule has 0 aromatic carbocycles. The van der Waals surface area contributed by atoms with Crippen LogP contribution in [0.1, 0.15) is 18.7 Å². The molecular weight excluding hydrogens is 174 g/mol. The average Bonchev–Trinajstić information content (AvgIpc) is 2.51. The Morgan fingerprint density at radius 1 is 1.83 bits per heavy atom. The zero-order valence-corrected chi connectivity index (χ0v) is 7.77. The van der Waals surface area contributed by atoms with Crippen LogP contribution < -0.4 is 5.32 Å². The highest BCUT2D eigenvalue weighted by Crippen LogP contribution is 2.12. The van der Waals surface area contributed by atoms with E-state index >= 15 is 0 Å². The zero-order valence-electron chi connectivity index (χ0n) is 7.01. The minimum atomic E-state index is 0.176. The van der Waals surface area contributed by atoms with Crippen LogP contribution in [-0.4, -0.2) is 6.54 Å². The Kier molecular flexibility index (Phi) is 3.38. The van der Waals surface area contributed by atoms with E-state index in [4.69, 9.17) is 16.0 Å². The maximum absolute atomic E-state index is 5.60. The van der Waals surface area contributed by atoms with E-state index in [1.807, 2.05) is 19.1 Å². The molecule has 1 rings (SSSR count). The van der Waals surface area contributed by atoms with Gasteiger partial charge in [0.1, 0.15) is 5.76 Å². The van der Waals surface area contributed by atoms with Crippen LogP contribution in [-0.2, 0) is 0 Å². The van der Waals surface area contributed by atoms with Gasteiger partial charge in [0, 0.05) is 11.6 Å². The van der Waals surface area contributed by atoms with E-state index in [-0.39, 0.29) is 6.04 Å². The summed E-state index contributed by atoms with van der Waals surface area (Å²) in [5.41, 5.74) is 0. The molecule has 1 N–H and O–H groups in total. The van der Waals surface area contributed by atoms with E-state index in [2.05, 4.69) is 11.9 Å². The van der Waals surface area contributed by atoms with Crippen LogP contribution in [0, 0.1) is 0 Å². The zero-order chi connectivity index (χ0) is 8.97. The van der Waals surface area contributed by atoms with Crippen molar-refractivity contribution in [2.45, 2.75) is 13.0 Å². The fourth-order valence-electron chi connectivity index (χ4n) is 0.902. The predicted octanol–water partition coefficient (Wildman–Crippen LogP) is 2.68. The second kappa shape index (κ2) is 4.33. The molecule has 66 valence electrons. The van der Waals surface area contributed by atoms with Gasteiger partial charge in [0.2, 0.25) is 0 Å². The molecule has 0 fully saturated rings. The van der Waals surface area contributed by atoms with Gasteiger partial charge in [-0.2, -0.15) is 0 Å². The van der Waals surface area contributed by atoms with Crippen molar-refractivity contribution >= 4 is 11.6 Å². The summed E-state index contributed by atoms with van der Waals surface area (Å²) in [6, 6.07) is 3.97. The van der Waals surface area contributed by atoms with Gasteiger partial charge in [0.05, 0.1) is 12.3 Å². The molecule has 0 aliphatic carbocycles. The molecule has 0 aliphatic heterocycles. The maximum Gasteiger partial charge on any atom is 0.120 e. The summed E-state index contributed by atoms with van der Waals surface area (Å²) in [4.78, 5) is 0. The lowest BCUT2D eigenvalue weighted by Gasteiger charge is -2.09. The summed E-state index contributed by atoms with van der Waals surface area (Å²) in [6.07, 6.45) is 1.66. The Bertz CT molecular complexity index is 243. The lowest BCUT2D eigenvalue weighted by atomic mass is 10.2. The monoisotopic (exact) mass is 185 g/mol. The van der Waals surface area contributed by atoms with Gasteiger partial charge in [-0.05, 0) is 19.1 Å². The van der Waals surface area contributed by atoms with Gasteiger partial charge in [0.15, 0.2) is 0 Å². The van der Waals surface area contributed by atoms with Crippen molar-refractivity contribution in [2.24, 2.45) is 0 Å². The van der Waals surface area contributed by atoms with Crippen LogP contribution in [0.3, 0.4) is 0 Å². The van der Waals surface area contributed by atoms with Gasteiger partial charge in [-0.3, -0.25) is 0 Å². The van der Waals surface area contributed by atoms with Crippen LogP contribution >= 0.6 is 11.6 Å². The van der Waals surface area contributed by atoms with E-state index in [0.29, 0.717) is 11.6 Å². The van der Waals surface area contributed by atoms with E-state index in [9.17, 15) is 0 Å². The summed E-state index contributed by atoms with van der Waals surface area (Å²) in [6.45, 7) is 6.19. The van der Waals surface area contributed by atoms with Gasteiger partial charge in [-0.1, -0.05) is 18.2 Å².